The number of nitrogens with one attached hydrogen (secondary N) is 1. The van der Waals surface area contributed by atoms with E-state index >= 15 is 0 Å². The summed E-state index contributed by atoms with van der Waals surface area (Å²) < 4.78 is 2.12. The first kappa shape index (κ1) is 21.5. The van der Waals surface area contributed by atoms with Crippen molar-refractivity contribution in [1.82, 2.24) is 19.1 Å². The van der Waals surface area contributed by atoms with Gasteiger partial charge in [0.25, 0.3) is 5.56 Å². The van der Waals surface area contributed by atoms with Gasteiger partial charge in [-0.1, -0.05) is 17.7 Å². The van der Waals surface area contributed by atoms with E-state index in [0.29, 0.717) is 22.1 Å². The predicted octanol–water partition coefficient (Wildman–Crippen LogP) is 3.07. The molecule has 0 atom stereocenters. The molecular weight excluding hydrogens is 430 g/mol. The van der Waals surface area contributed by atoms with Crippen molar-refractivity contribution >= 4 is 34.2 Å². The van der Waals surface area contributed by atoms with Crippen LogP contribution in [-0.2, 0) is 18.4 Å². The zero-order valence-electron chi connectivity index (χ0n) is 17.7. The first-order valence-corrected chi connectivity index (χ1v) is 10.2. The van der Waals surface area contributed by atoms with Crippen LogP contribution in [0.2, 0.25) is 5.02 Å². The Kier molecular flexibility index (Phi) is 5.63. The van der Waals surface area contributed by atoms with Gasteiger partial charge < -0.3 is 5.32 Å². The van der Waals surface area contributed by atoms with Gasteiger partial charge in [0.1, 0.15) is 11.9 Å². The van der Waals surface area contributed by atoms with Gasteiger partial charge in [-0.3, -0.25) is 18.7 Å². The monoisotopic (exact) mass is 449 g/mol. The van der Waals surface area contributed by atoms with Crippen LogP contribution in [0.15, 0.2) is 58.3 Å². The number of halogens is 1. The topological polar surface area (TPSA) is 98.9 Å². The number of rotatable bonds is 4. The van der Waals surface area contributed by atoms with Gasteiger partial charge in [-0.2, -0.15) is 0 Å². The molecule has 0 aliphatic rings. The van der Waals surface area contributed by atoms with Crippen molar-refractivity contribution in [1.29, 1.82) is 0 Å². The average Bonchev–Trinajstić information content (AvgIpc) is 2.74. The third-order valence-corrected chi connectivity index (χ3v) is 5.24. The fourth-order valence-electron chi connectivity index (χ4n) is 3.55. The lowest BCUT2D eigenvalue weighted by atomic mass is 10.1. The van der Waals surface area contributed by atoms with Gasteiger partial charge >= 0.3 is 5.69 Å². The van der Waals surface area contributed by atoms with E-state index in [1.54, 1.807) is 24.3 Å². The van der Waals surface area contributed by atoms with Crippen LogP contribution < -0.4 is 16.6 Å². The summed E-state index contributed by atoms with van der Waals surface area (Å²) in [5.74, 6) is -0.124. The Bertz CT molecular complexity index is 1450. The van der Waals surface area contributed by atoms with Gasteiger partial charge in [-0.05, 0) is 61.4 Å². The molecule has 162 valence electrons. The molecule has 0 unspecified atom stereocenters. The highest BCUT2D eigenvalue weighted by atomic mass is 35.5. The standard InChI is InChI=1S/C23H20ClN5O3/c1-13-8-14(2)10-17(9-13)26-19(30)12-29-22(31)18-11-25-20(15-4-6-16(24)7-5-15)27-21(18)28(3)23(29)32/h4-11H,12H2,1-3H3,(H,26,30). The van der Waals surface area contributed by atoms with E-state index < -0.39 is 23.7 Å². The van der Waals surface area contributed by atoms with E-state index in [0.717, 1.165) is 15.7 Å². The maximum absolute atomic E-state index is 13.0. The van der Waals surface area contributed by atoms with E-state index in [-0.39, 0.29) is 11.0 Å². The zero-order chi connectivity index (χ0) is 23.0. The summed E-state index contributed by atoms with van der Waals surface area (Å²) in [6.07, 6.45) is 1.37. The van der Waals surface area contributed by atoms with Crippen LogP contribution in [-0.4, -0.2) is 25.0 Å². The lowest BCUT2D eigenvalue weighted by Gasteiger charge is -2.12. The molecule has 2 heterocycles. The molecule has 2 aromatic heterocycles. The van der Waals surface area contributed by atoms with Crippen LogP contribution in [0.5, 0.6) is 0 Å². The minimum absolute atomic E-state index is 0.143. The molecule has 1 N–H and O–H groups in total. The molecule has 1 amide bonds. The highest BCUT2D eigenvalue weighted by Gasteiger charge is 2.16. The minimum Gasteiger partial charge on any atom is -0.325 e. The Labute approximate surface area is 188 Å². The van der Waals surface area contributed by atoms with E-state index in [2.05, 4.69) is 15.3 Å². The van der Waals surface area contributed by atoms with Crippen molar-refractivity contribution in [3.8, 4) is 11.4 Å². The van der Waals surface area contributed by atoms with Gasteiger partial charge in [-0.15, -0.1) is 0 Å². The van der Waals surface area contributed by atoms with Crippen molar-refractivity contribution in [2.45, 2.75) is 20.4 Å². The normalized spacial score (nSPS) is 11.0. The van der Waals surface area contributed by atoms with E-state index in [9.17, 15) is 14.4 Å². The Morgan fingerprint density at radius 2 is 1.72 bits per heavy atom. The molecule has 4 rings (SSSR count). The SMILES string of the molecule is Cc1cc(C)cc(NC(=O)Cn2c(=O)c3cnc(-c4ccc(Cl)cc4)nc3n(C)c2=O)c1. The van der Waals surface area contributed by atoms with E-state index in [4.69, 9.17) is 11.6 Å². The quantitative estimate of drug-likeness (QED) is 0.516. The minimum atomic E-state index is -0.640. The van der Waals surface area contributed by atoms with E-state index in [1.165, 1.54) is 17.8 Å². The maximum Gasteiger partial charge on any atom is 0.332 e. The van der Waals surface area contributed by atoms with Gasteiger partial charge in [-0.25, -0.2) is 14.8 Å². The van der Waals surface area contributed by atoms with Crippen LogP contribution >= 0.6 is 11.6 Å². The summed E-state index contributed by atoms with van der Waals surface area (Å²) in [6, 6.07) is 12.5. The second-order valence-electron chi connectivity index (χ2n) is 7.60. The maximum atomic E-state index is 13.0. The number of anilines is 1. The van der Waals surface area contributed by atoms with Crippen LogP contribution in [0, 0.1) is 13.8 Å². The fourth-order valence-corrected chi connectivity index (χ4v) is 3.68. The summed E-state index contributed by atoms with van der Waals surface area (Å²) in [5, 5.41) is 3.46. The number of benzene rings is 2. The molecule has 0 aliphatic carbocycles. The molecule has 8 nitrogen and oxygen atoms in total. The molecule has 0 bridgehead atoms. The van der Waals surface area contributed by atoms with Crippen LogP contribution in [0.1, 0.15) is 11.1 Å². The predicted molar refractivity (Wildman–Crippen MR) is 124 cm³/mol. The zero-order valence-corrected chi connectivity index (χ0v) is 18.5. The van der Waals surface area contributed by atoms with E-state index in [1.807, 2.05) is 32.0 Å². The Balaban J connectivity index is 1.70. The summed E-state index contributed by atoms with van der Waals surface area (Å²) in [7, 11) is 1.50. The number of hydrogen-bond donors (Lipinski definition) is 1. The Hall–Kier alpha value is -3.78. The fraction of sp³-hybridized carbons (Fsp3) is 0.174. The van der Waals surface area contributed by atoms with Crippen LogP contribution in [0.25, 0.3) is 22.4 Å². The molecule has 2 aromatic carbocycles. The number of aryl methyl sites for hydroxylation is 3. The molecule has 0 fully saturated rings. The third kappa shape index (κ3) is 4.17. The Morgan fingerprint density at radius 1 is 1.06 bits per heavy atom. The lowest BCUT2D eigenvalue weighted by Crippen LogP contribution is -2.42. The molecular formula is C23H20ClN5O3. The number of carbonyl (C=O) groups excluding carboxylic acids is 1. The number of nitrogens with zero attached hydrogens (tertiary/aromatic N) is 4. The van der Waals surface area contributed by atoms with Crippen LogP contribution in [0.4, 0.5) is 5.69 Å². The largest absolute Gasteiger partial charge is 0.332 e. The lowest BCUT2D eigenvalue weighted by molar-refractivity contribution is -0.116. The van der Waals surface area contributed by atoms with Crippen molar-refractivity contribution in [3.63, 3.8) is 0 Å². The van der Waals surface area contributed by atoms with Gasteiger partial charge in [0.15, 0.2) is 11.5 Å². The van der Waals surface area contributed by atoms with Gasteiger partial charge in [0.05, 0.1) is 0 Å². The molecule has 0 radical (unpaired) electrons. The van der Waals surface area contributed by atoms with Crippen molar-refractivity contribution in [2.75, 3.05) is 5.32 Å². The molecule has 0 spiro atoms. The smallest absolute Gasteiger partial charge is 0.325 e. The summed E-state index contributed by atoms with van der Waals surface area (Å²) in [5.41, 5.74) is 2.21. The van der Waals surface area contributed by atoms with Crippen LogP contribution in [0.3, 0.4) is 0 Å². The third-order valence-electron chi connectivity index (χ3n) is 4.99. The highest BCUT2D eigenvalue weighted by molar-refractivity contribution is 6.30. The summed E-state index contributed by atoms with van der Waals surface area (Å²) in [6.45, 7) is 3.42. The molecule has 0 aliphatic heterocycles. The number of amides is 1. The average molecular weight is 450 g/mol. The van der Waals surface area contributed by atoms with Crippen molar-refractivity contribution in [3.05, 3.63) is 85.6 Å². The molecule has 32 heavy (non-hydrogen) atoms. The number of carbonyl (C=O) groups is 1. The van der Waals surface area contributed by atoms with Crippen molar-refractivity contribution in [2.24, 2.45) is 7.05 Å². The molecule has 0 saturated heterocycles. The number of hydrogen-bond acceptors (Lipinski definition) is 5. The van der Waals surface area contributed by atoms with Crippen molar-refractivity contribution < 1.29 is 4.79 Å². The molecule has 4 aromatic rings. The second kappa shape index (κ2) is 8.39. The summed E-state index contributed by atoms with van der Waals surface area (Å²) >= 11 is 5.92. The summed E-state index contributed by atoms with van der Waals surface area (Å²) in [4.78, 5) is 47.0. The van der Waals surface area contributed by atoms with Gasteiger partial charge in [0.2, 0.25) is 5.91 Å². The number of aromatic nitrogens is 4. The molecule has 9 heteroatoms. The first-order valence-electron chi connectivity index (χ1n) is 9.83. The molecule has 0 saturated carbocycles. The first-order chi connectivity index (χ1) is 15.2. The highest BCUT2D eigenvalue weighted by Crippen LogP contribution is 2.19. The second-order valence-corrected chi connectivity index (χ2v) is 8.03. The Morgan fingerprint density at radius 3 is 2.38 bits per heavy atom. The van der Waals surface area contributed by atoms with Gasteiger partial charge in [0, 0.05) is 29.5 Å². The number of fused-ring (bicyclic) bond motifs is 1.